The number of quaternary nitrogens is 2. The Morgan fingerprint density at radius 1 is 1.11 bits per heavy atom. The van der Waals surface area contributed by atoms with Crippen LogP contribution in [0.4, 0.5) is 0 Å². The molecule has 4 bridgehead atoms. The van der Waals surface area contributed by atoms with Crippen LogP contribution in [0.5, 0.6) is 11.5 Å². The number of hydrogen-bond acceptors (Lipinski definition) is 3. The summed E-state index contributed by atoms with van der Waals surface area (Å²) >= 11 is 0. The van der Waals surface area contributed by atoms with Crippen molar-refractivity contribution in [2.24, 2.45) is 10.8 Å². The van der Waals surface area contributed by atoms with E-state index < -0.39 is 0 Å². The number of carbonyl (C=O) groups is 1. The SMILES string of the molecule is CCCCC12C[NH+]3CC(C)(C[NH+](C1)C3c1ccc(OCC)c(OC)c1)C2=O. The van der Waals surface area contributed by atoms with Crippen LogP contribution in [-0.4, -0.2) is 45.7 Å². The number of ether oxygens (including phenoxy) is 2. The van der Waals surface area contributed by atoms with Gasteiger partial charge in [0.05, 0.1) is 32.4 Å². The predicted octanol–water partition coefficient (Wildman–Crippen LogP) is 0.655. The number of nitrogens with one attached hydrogen (secondary N) is 2. The molecule has 0 saturated carbocycles. The van der Waals surface area contributed by atoms with Gasteiger partial charge in [0.25, 0.3) is 0 Å². The number of ketones is 1. The zero-order chi connectivity index (χ0) is 19.2. The predicted molar refractivity (Wildman–Crippen MR) is 103 cm³/mol. The number of hydrogen-bond donors (Lipinski definition) is 2. The summed E-state index contributed by atoms with van der Waals surface area (Å²) in [5.41, 5.74) is 1.05. The first-order chi connectivity index (χ1) is 13.0. The molecular weight excluding hydrogens is 340 g/mol. The van der Waals surface area contributed by atoms with Gasteiger partial charge in [-0.3, -0.25) is 14.6 Å². The minimum Gasteiger partial charge on any atom is -0.493 e. The lowest BCUT2D eigenvalue weighted by Gasteiger charge is -2.59. The number of benzene rings is 1. The molecule has 1 aromatic carbocycles. The number of unbranched alkanes of at least 4 members (excludes halogenated alkanes) is 1. The standard InChI is InChI=1S/C22H32N2O3/c1-5-7-10-22-14-23-12-21(3,20(22)25)13-24(15-22)19(23)16-8-9-17(27-6-2)18(11-16)26-4/h8-9,11,19H,5-7,10,12-15H2,1-4H3/p+2. The number of piperidine rings is 2. The largest absolute Gasteiger partial charge is 0.493 e. The Balaban J connectivity index is 1.66. The molecule has 5 nitrogen and oxygen atoms in total. The van der Waals surface area contributed by atoms with Gasteiger partial charge < -0.3 is 9.47 Å². The van der Waals surface area contributed by atoms with Crippen LogP contribution in [0.3, 0.4) is 0 Å². The van der Waals surface area contributed by atoms with Crippen LogP contribution in [0, 0.1) is 10.8 Å². The van der Waals surface area contributed by atoms with Crippen molar-refractivity contribution in [3.63, 3.8) is 0 Å². The van der Waals surface area contributed by atoms with Crippen LogP contribution in [-0.2, 0) is 4.79 Å². The van der Waals surface area contributed by atoms with Gasteiger partial charge in [0.2, 0.25) is 6.17 Å². The molecule has 0 radical (unpaired) electrons. The average Bonchev–Trinajstić information content (AvgIpc) is 2.64. The summed E-state index contributed by atoms with van der Waals surface area (Å²) in [5.74, 6) is 2.18. The van der Waals surface area contributed by atoms with Gasteiger partial charge in [0, 0.05) is 0 Å². The smallest absolute Gasteiger partial charge is 0.240 e. The van der Waals surface area contributed by atoms with E-state index in [1.54, 1.807) is 16.9 Å². The number of carbonyl (C=O) groups excluding carboxylic acids is 1. The van der Waals surface area contributed by atoms with E-state index in [0.717, 1.165) is 56.9 Å². The molecule has 4 heterocycles. The van der Waals surface area contributed by atoms with E-state index in [1.165, 1.54) is 5.56 Å². The fourth-order valence-corrected chi connectivity index (χ4v) is 6.20. The Bertz CT molecular complexity index is 716. The van der Waals surface area contributed by atoms with Gasteiger partial charge in [-0.25, -0.2) is 0 Å². The first-order valence-corrected chi connectivity index (χ1v) is 10.5. The van der Waals surface area contributed by atoms with E-state index >= 15 is 0 Å². The summed E-state index contributed by atoms with van der Waals surface area (Å²) in [6, 6.07) is 6.40. The summed E-state index contributed by atoms with van der Waals surface area (Å²) in [6.07, 6.45) is 3.77. The second kappa shape index (κ2) is 6.78. The maximum Gasteiger partial charge on any atom is 0.240 e. The molecule has 4 fully saturated rings. The quantitative estimate of drug-likeness (QED) is 0.737. The second-order valence-electron chi connectivity index (χ2n) is 9.07. The van der Waals surface area contributed by atoms with Crippen molar-refractivity contribution < 1.29 is 24.1 Å². The molecule has 4 aliphatic rings. The van der Waals surface area contributed by atoms with Crippen molar-refractivity contribution in [1.29, 1.82) is 0 Å². The van der Waals surface area contributed by atoms with Gasteiger partial charge in [-0.05, 0) is 38.5 Å². The van der Waals surface area contributed by atoms with E-state index in [1.807, 2.05) is 13.0 Å². The molecular formula is C22H34N2O3+2. The molecule has 148 valence electrons. The fourth-order valence-electron chi connectivity index (χ4n) is 6.20. The Hall–Kier alpha value is -1.59. The van der Waals surface area contributed by atoms with E-state index in [9.17, 15) is 4.79 Å². The summed E-state index contributed by atoms with van der Waals surface area (Å²) in [6.45, 7) is 11.0. The summed E-state index contributed by atoms with van der Waals surface area (Å²) in [5, 5.41) is 0. The third-order valence-corrected chi connectivity index (χ3v) is 7.04. The highest BCUT2D eigenvalue weighted by molar-refractivity contribution is 5.91. The Labute approximate surface area is 162 Å². The van der Waals surface area contributed by atoms with Gasteiger partial charge in [-0.1, -0.05) is 19.8 Å². The molecule has 5 heteroatoms. The van der Waals surface area contributed by atoms with E-state index in [4.69, 9.17) is 9.47 Å². The zero-order valence-corrected chi connectivity index (χ0v) is 17.2. The third-order valence-electron chi connectivity index (χ3n) is 7.04. The maximum absolute atomic E-state index is 13.3. The van der Waals surface area contributed by atoms with E-state index in [0.29, 0.717) is 18.6 Å². The highest BCUT2D eigenvalue weighted by Crippen LogP contribution is 2.40. The fraction of sp³-hybridized carbons (Fsp3) is 0.682. The number of Topliss-reactive ketones (excluding diaryl/α,β-unsaturated/α-hetero) is 1. The van der Waals surface area contributed by atoms with Crippen molar-refractivity contribution in [2.45, 2.75) is 46.2 Å². The molecule has 4 saturated heterocycles. The normalized spacial score (nSPS) is 36.9. The molecule has 5 rings (SSSR count). The van der Waals surface area contributed by atoms with Gasteiger partial charge in [0.15, 0.2) is 17.3 Å². The monoisotopic (exact) mass is 374 g/mol. The molecule has 27 heavy (non-hydrogen) atoms. The van der Waals surface area contributed by atoms with Gasteiger partial charge in [0.1, 0.15) is 23.9 Å². The highest BCUT2D eigenvalue weighted by atomic mass is 16.5. The minimum atomic E-state index is -0.152. The van der Waals surface area contributed by atoms with Gasteiger partial charge in [-0.2, -0.15) is 0 Å². The van der Waals surface area contributed by atoms with Crippen LogP contribution in [0.2, 0.25) is 0 Å². The third kappa shape index (κ3) is 2.87. The molecule has 4 aliphatic heterocycles. The Morgan fingerprint density at radius 3 is 2.41 bits per heavy atom. The van der Waals surface area contributed by atoms with Crippen LogP contribution in [0.1, 0.15) is 51.8 Å². The summed E-state index contributed by atoms with van der Waals surface area (Å²) in [4.78, 5) is 16.5. The van der Waals surface area contributed by atoms with E-state index in [2.05, 4.69) is 26.0 Å². The van der Waals surface area contributed by atoms with Crippen LogP contribution >= 0.6 is 0 Å². The average molecular weight is 375 g/mol. The Morgan fingerprint density at radius 2 is 1.81 bits per heavy atom. The van der Waals surface area contributed by atoms with Crippen molar-refractivity contribution >= 4 is 5.78 Å². The molecule has 0 aliphatic carbocycles. The Kier molecular flexibility index (Phi) is 4.71. The molecule has 0 amide bonds. The topological polar surface area (TPSA) is 44.4 Å². The first-order valence-electron chi connectivity index (χ1n) is 10.5. The van der Waals surface area contributed by atoms with Crippen LogP contribution in [0.15, 0.2) is 18.2 Å². The van der Waals surface area contributed by atoms with Crippen molar-refractivity contribution in [3.05, 3.63) is 23.8 Å². The second-order valence-corrected chi connectivity index (χ2v) is 9.07. The summed E-state index contributed by atoms with van der Waals surface area (Å²) < 4.78 is 11.3. The minimum absolute atomic E-state index is 0.0994. The lowest BCUT2D eigenvalue weighted by molar-refractivity contribution is -1.18. The number of rotatable bonds is 7. The zero-order valence-electron chi connectivity index (χ0n) is 17.2. The highest BCUT2D eigenvalue weighted by Gasteiger charge is 2.69. The van der Waals surface area contributed by atoms with Crippen molar-refractivity contribution in [1.82, 2.24) is 0 Å². The molecule has 2 N–H and O–H groups in total. The van der Waals surface area contributed by atoms with Gasteiger partial charge >= 0.3 is 0 Å². The molecule has 2 atom stereocenters. The lowest BCUT2D eigenvalue weighted by atomic mass is 9.59. The molecule has 0 aromatic heterocycles. The van der Waals surface area contributed by atoms with E-state index in [-0.39, 0.29) is 10.8 Å². The van der Waals surface area contributed by atoms with Crippen LogP contribution in [0.25, 0.3) is 0 Å². The summed E-state index contributed by atoms with van der Waals surface area (Å²) in [7, 11) is 1.71. The molecule has 1 aromatic rings. The molecule has 2 unspecified atom stereocenters. The van der Waals surface area contributed by atoms with Gasteiger partial charge in [-0.15, -0.1) is 0 Å². The van der Waals surface area contributed by atoms with Crippen molar-refractivity contribution in [2.75, 3.05) is 39.9 Å². The lowest BCUT2D eigenvalue weighted by Crippen LogP contribution is -3.41. The maximum atomic E-state index is 13.3. The van der Waals surface area contributed by atoms with Crippen molar-refractivity contribution in [3.8, 4) is 11.5 Å². The first kappa shape index (κ1) is 18.8. The molecule has 0 spiro atoms. The number of methoxy groups -OCH3 is 1. The van der Waals surface area contributed by atoms with Crippen LogP contribution < -0.4 is 19.3 Å².